The maximum absolute atomic E-state index is 10.4. The molecule has 0 spiro atoms. The van der Waals surface area contributed by atoms with Crippen molar-refractivity contribution in [2.45, 2.75) is 4.90 Å². The minimum Gasteiger partial charge on any atom is -0.268 e. The Morgan fingerprint density at radius 2 is 2.18 bits per heavy atom. The van der Waals surface area contributed by atoms with Crippen LogP contribution in [0.5, 0.6) is 0 Å². The molecule has 1 nitrogen and oxygen atoms in total. The van der Waals surface area contributed by atoms with Crippen molar-refractivity contribution in [1.29, 1.82) is 0 Å². The van der Waals surface area contributed by atoms with Crippen LogP contribution in [0.3, 0.4) is 0 Å². The van der Waals surface area contributed by atoms with E-state index in [4.69, 9.17) is 23.2 Å². The monoisotopic (exact) mass is 206 g/mol. The molecule has 0 amide bonds. The van der Waals surface area contributed by atoms with E-state index in [0.717, 1.165) is 16.7 Å². The van der Waals surface area contributed by atoms with E-state index in [-0.39, 0.29) is 0 Å². The first-order valence-electron chi connectivity index (χ1n) is 2.81. The Kier molecular flexibility index (Phi) is 3.24. The van der Waals surface area contributed by atoms with Gasteiger partial charge in [0, 0.05) is 9.92 Å². The Hall–Kier alpha value is -0.180. The summed E-state index contributed by atoms with van der Waals surface area (Å²) in [5.41, 5.74) is 0. The van der Waals surface area contributed by atoms with Crippen molar-refractivity contribution in [3.8, 4) is 0 Å². The van der Waals surface area contributed by atoms with Crippen LogP contribution in [0.4, 0.5) is 4.79 Å². The van der Waals surface area contributed by atoms with E-state index >= 15 is 0 Å². The Morgan fingerprint density at radius 1 is 1.45 bits per heavy atom. The topological polar surface area (TPSA) is 17.1 Å². The summed E-state index contributed by atoms with van der Waals surface area (Å²) in [4.78, 5) is 11.2. The maximum atomic E-state index is 10.4. The van der Waals surface area contributed by atoms with Gasteiger partial charge in [-0.1, -0.05) is 17.7 Å². The third kappa shape index (κ3) is 3.14. The summed E-state index contributed by atoms with van der Waals surface area (Å²) in [6.07, 6.45) is 0. The average Bonchev–Trinajstić information content (AvgIpc) is 1.85. The number of hydrogen-bond donors (Lipinski definition) is 0. The number of carbonyl (C=O) groups excluding carboxylic acids is 1. The molecule has 1 rings (SSSR count). The molecule has 0 N–H and O–H groups in total. The lowest BCUT2D eigenvalue weighted by Gasteiger charge is -1.94. The molecule has 0 aromatic heterocycles. The molecular formula is C7H4Cl2OS. The lowest BCUT2D eigenvalue weighted by molar-refractivity contribution is 0.276. The van der Waals surface area contributed by atoms with E-state index in [1.165, 1.54) is 0 Å². The highest BCUT2D eigenvalue weighted by atomic mass is 35.5. The van der Waals surface area contributed by atoms with Crippen molar-refractivity contribution in [2.24, 2.45) is 0 Å². The largest absolute Gasteiger partial charge is 0.284 e. The molecular weight excluding hydrogens is 203 g/mol. The van der Waals surface area contributed by atoms with Gasteiger partial charge in [-0.25, -0.2) is 0 Å². The Morgan fingerprint density at radius 3 is 2.73 bits per heavy atom. The van der Waals surface area contributed by atoms with Gasteiger partial charge in [0.1, 0.15) is 0 Å². The average molecular weight is 207 g/mol. The van der Waals surface area contributed by atoms with Gasteiger partial charge in [0.2, 0.25) is 0 Å². The fraction of sp³-hybridized carbons (Fsp3) is 0. The minimum absolute atomic E-state index is 0.452. The molecule has 1 aromatic rings. The molecule has 0 bridgehead atoms. The van der Waals surface area contributed by atoms with E-state index in [9.17, 15) is 4.79 Å². The molecule has 0 aliphatic carbocycles. The molecule has 1 aromatic carbocycles. The molecule has 0 saturated heterocycles. The molecule has 0 saturated carbocycles. The number of carbonyl (C=O) groups is 1. The van der Waals surface area contributed by atoms with Crippen molar-refractivity contribution in [1.82, 2.24) is 0 Å². The molecule has 0 fully saturated rings. The standard InChI is InChI=1S/C7H4Cl2OS/c8-5-2-1-3-6(4-5)11-7(9)10/h1-4H. The zero-order valence-corrected chi connectivity index (χ0v) is 7.71. The highest BCUT2D eigenvalue weighted by Crippen LogP contribution is 2.23. The predicted molar refractivity (Wildman–Crippen MR) is 48.6 cm³/mol. The van der Waals surface area contributed by atoms with Crippen molar-refractivity contribution in [2.75, 3.05) is 0 Å². The van der Waals surface area contributed by atoms with Crippen LogP contribution >= 0.6 is 35.0 Å². The van der Waals surface area contributed by atoms with Gasteiger partial charge in [-0.15, -0.1) is 0 Å². The van der Waals surface area contributed by atoms with Crippen LogP contribution < -0.4 is 0 Å². The van der Waals surface area contributed by atoms with E-state index in [0.29, 0.717) is 5.02 Å². The number of benzene rings is 1. The van der Waals surface area contributed by atoms with Gasteiger partial charge in [-0.05, 0) is 41.6 Å². The summed E-state index contributed by atoms with van der Waals surface area (Å²) in [5, 5.41) is 0.605. The fourth-order valence-corrected chi connectivity index (χ4v) is 1.66. The van der Waals surface area contributed by atoms with Gasteiger partial charge in [0.25, 0.3) is 4.57 Å². The molecule has 0 aliphatic heterocycles. The molecule has 11 heavy (non-hydrogen) atoms. The SMILES string of the molecule is O=C(Cl)Sc1cccc(Cl)c1. The van der Waals surface area contributed by atoms with Gasteiger partial charge in [0.15, 0.2) is 0 Å². The summed E-state index contributed by atoms with van der Waals surface area (Å²) in [7, 11) is 0. The summed E-state index contributed by atoms with van der Waals surface area (Å²) in [6, 6.07) is 6.97. The first-order chi connectivity index (χ1) is 5.18. The van der Waals surface area contributed by atoms with Crippen LogP contribution in [0, 0.1) is 0 Å². The van der Waals surface area contributed by atoms with Crippen LogP contribution in [0.15, 0.2) is 29.2 Å². The summed E-state index contributed by atoms with van der Waals surface area (Å²) in [5.74, 6) is 0. The van der Waals surface area contributed by atoms with Crippen molar-refractivity contribution in [3.63, 3.8) is 0 Å². The van der Waals surface area contributed by atoms with Crippen molar-refractivity contribution < 1.29 is 4.79 Å². The van der Waals surface area contributed by atoms with E-state index in [1.807, 2.05) is 0 Å². The molecule has 0 aliphatic rings. The van der Waals surface area contributed by atoms with Gasteiger partial charge >= 0.3 is 0 Å². The number of rotatable bonds is 1. The van der Waals surface area contributed by atoms with Gasteiger partial charge < -0.3 is 0 Å². The van der Waals surface area contributed by atoms with Crippen molar-refractivity contribution in [3.05, 3.63) is 29.3 Å². The zero-order chi connectivity index (χ0) is 8.27. The maximum Gasteiger partial charge on any atom is 0.284 e. The molecule has 0 atom stereocenters. The second kappa shape index (κ2) is 4.00. The normalized spacial score (nSPS) is 9.64. The zero-order valence-electron chi connectivity index (χ0n) is 5.38. The predicted octanol–water partition coefficient (Wildman–Crippen LogP) is 3.79. The van der Waals surface area contributed by atoms with Crippen LogP contribution in [0.2, 0.25) is 5.02 Å². The third-order valence-corrected chi connectivity index (χ3v) is 2.11. The fourth-order valence-electron chi connectivity index (χ4n) is 0.623. The second-order valence-corrected chi connectivity index (χ2v) is 3.85. The van der Waals surface area contributed by atoms with E-state index in [1.54, 1.807) is 24.3 Å². The number of hydrogen-bond acceptors (Lipinski definition) is 2. The van der Waals surface area contributed by atoms with Crippen LogP contribution in [0.1, 0.15) is 0 Å². The lowest BCUT2D eigenvalue weighted by atomic mass is 10.4. The Balaban J connectivity index is 2.79. The molecule has 0 heterocycles. The summed E-state index contributed by atoms with van der Waals surface area (Å²) >= 11 is 11.8. The second-order valence-electron chi connectivity index (χ2n) is 1.80. The highest BCUT2D eigenvalue weighted by molar-refractivity contribution is 8.16. The van der Waals surface area contributed by atoms with Crippen molar-refractivity contribution >= 4 is 39.5 Å². The quantitative estimate of drug-likeness (QED) is 0.514. The molecule has 0 unspecified atom stereocenters. The van der Waals surface area contributed by atoms with E-state index in [2.05, 4.69) is 0 Å². The molecule has 4 heteroatoms. The minimum atomic E-state index is -0.452. The summed E-state index contributed by atoms with van der Waals surface area (Å²) < 4.78 is -0.452. The molecule has 58 valence electrons. The smallest absolute Gasteiger partial charge is 0.268 e. The van der Waals surface area contributed by atoms with Gasteiger partial charge in [-0.2, -0.15) is 0 Å². The first-order valence-corrected chi connectivity index (χ1v) is 4.38. The van der Waals surface area contributed by atoms with E-state index < -0.39 is 4.57 Å². The summed E-state index contributed by atoms with van der Waals surface area (Å²) in [6.45, 7) is 0. The van der Waals surface area contributed by atoms with Crippen LogP contribution in [-0.4, -0.2) is 4.57 Å². The Bertz CT molecular complexity index is 275. The Labute approximate surface area is 78.7 Å². The van der Waals surface area contributed by atoms with Crippen LogP contribution in [0.25, 0.3) is 0 Å². The molecule has 0 radical (unpaired) electrons. The highest BCUT2D eigenvalue weighted by Gasteiger charge is 1.99. The number of thioether (sulfide) groups is 1. The van der Waals surface area contributed by atoms with Gasteiger partial charge in [0.05, 0.1) is 0 Å². The third-order valence-electron chi connectivity index (χ3n) is 0.994. The van der Waals surface area contributed by atoms with Gasteiger partial charge in [-0.3, -0.25) is 4.79 Å². The van der Waals surface area contributed by atoms with Crippen LogP contribution in [-0.2, 0) is 0 Å². The first kappa shape index (κ1) is 8.91. The number of halogens is 2. The lowest BCUT2D eigenvalue weighted by Crippen LogP contribution is -1.74.